The number of carbonyl (C=O) groups excluding carboxylic acids is 1. The van der Waals surface area contributed by atoms with E-state index in [4.69, 9.17) is 9.97 Å². The van der Waals surface area contributed by atoms with Crippen LogP contribution in [0.5, 0.6) is 0 Å². The minimum atomic E-state index is -0.122. The second kappa shape index (κ2) is 9.30. The van der Waals surface area contributed by atoms with E-state index in [0.29, 0.717) is 17.2 Å². The van der Waals surface area contributed by atoms with Crippen molar-refractivity contribution < 1.29 is 4.79 Å². The number of para-hydroxylation sites is 1. The van der Waals surface area contributed by atoms with Gasteiger partial charge < -0.3 is 0 Å². The monoisotopic (exact) mass is 556 g/mol. The second-order valence-corrected chi connectivity index (χ2v) is 10.8. The van der Waals surface area contributed by atoms with Gasteiger partial charge in [-0.1, -0.05) is 57.6 Å². The van der Waals surface area contributed by atoms with E-state index in [1.165, 1.54) is 11.3 Å². The first-order valence-electron chi connectivity index (χ1n) is 10.9. The maximum absolute atomic E-state index is 14.3. The summed E-state index contributed by atoms with van der Waals surface area (Å²) in [7, 11) is 0. The maximum atomic E-state index is 14.3. The summed E-state index contributed by atoms with van der Waals surface area (Å²) in [5.74, 6) is -0.122. The van der Waals surface area contributed by atoms with Gasteiger partial charge in [-0.3, -0.25) is 14.7 Å². The smallest absolute Gasteiger partial charge is 0.261 e. The van der Waals surface area contributed by atoms with Crippen LogP contribution in [0.25, 0.3) is 31.7 Å². The van der Waals surface area contributed by atoms with Gasteiger partial charge in [0, 0.05) is 22.3 Å². The van der Waals surface area contributed by atoms with Crippen molar-refractivity contribution in [2.24, 2.45) is 0 Å². The highest BCUT2D eigenvalue weighted by Gasteiger charge is 2.25. The molecule has 5 nitrogen and oxygen atoms in total. The molecule has 2 aromatic carbocycles. The summed E-state index contributed by atoms with van der Waals surface area (Å²) in [5, 5.41) is 3.48. The molecule has 6 rings (SSSR count). The van der Waals surface area contributed by atoms with Gasteiger partial charge in [0.05, 0.1) is 38.4 Å². The third kappa shape index (κ3) is 4.36. The highest BCUT2D eigenvalue weighted by Crippen LogP contribution is 2.34. The molecule has 4 heterocycles. The van der Waals surface area contributed by atoms with Gasteiger partial charge in [-0.25, -0.2) is 9.97 Å². The van der Waals surface area contributed by atoms with Crippen LogP contribution in [0, 0.1) is 0 Å². The van der Waals surface area contributed by atoms with Crippen LogP contribution >= 0.6 is 38.6 Å². The average Bonchev–Trinajstić information content (AvgIpc) is 3.57. The van der Waals surface area contributed by atoms with Crippen molar-refractivity contribution >= 4 is 70.8 Å². The predicted octanol–water partition coefficient (Wildman–Crippen LogP) is 7.58. The minimum Gasteiger partial charge on any atom is -0.279 e. The number of hydrogen-bond acceptors (Lipinski definition) is 6. The van der Waals surface area contributed by atoms with E-state index in [-0.39, 0.29) is 5.91 Å². The summed E-state index contributed by atoms with van der Waals surface area (Å²) in [4.78, 5) is 30.9. The number of fused-ring (bicyclic) bond motifs is 2. The van der Waals surface area contributed by atoms with Crippen molar-refractivity contribution in [1.29, 1.82) is 0 Å². The van der Waals surface area contributed by atoms with Crippen molar-refractivity contribution in [2.75, 3.05) is 4.90 Å². The van der Waals surface area contributed by atoms with Gasteiger partial charge in [0.15, 0.2) is 5.13 Å². The molecule has 0 saturated heterocycles. The summed E-state index contributed by atoms with van der Waals surface area (Å²) >= 11 is 6.64. The van der Waals surface area contributed by atoms with Crippen molar-refractivity contribution in [3.63, 3.8) is 0 Å². The van der Waals surface area contributed by atoms with Crippen LogP contribution in [0.4, 0.5) is 5.13 Å². The average molecular weight is 557 g/mol. The van der Waals surface area contributed by atoms with Gasteiger partial charge in [-0.05, 0) is 53.4 Å². The predicted molar refractivity (Wildman–Crippen MR) is 147 cm³/mol. The molecular weight excluding hydrogens is 540 g/mol. The Hall–Kier alpha value is -3.46. The maximum Gasteiger partial charge on any atom is 0.261 e. The molecule has 0 radical (unpaired) electrons. The van der Waals surface area contributed by atoms with Crippen LogP contribution in [0.3, 0.4) is 0 Å². The molecular formula is C27H17BrN4OS2. The van der Waals surface area contributed by atoms with Gasteiger partial charge in [0.2, 0.25) is 0 Å². The lowest BCUT2D eigenvalue weighted by atomic mass is 10.1. The first kappa shape index (κ1) is 22.0. The Morgan fingerprint density at radius 2 is 1.86 bits per heavy atom. The molecule has 4 aromatic heterocycles. The number of thiazole rings is 1. The SMILES string of the molecule is O=C(c1cc(-c2cccs2)nc2ccccc12)N(Cc1cccnc1)c1nc2ccc(Br)cc2s1. The molecule has 0 N–H and O–H groups in total. The molecule has 0 atom stereocenters. The number of pyridine rings is 2. The zero-order valence-corrected chi connectivity index (χ0v) is 21.5. The van der Waals surface area contributed by atoms with E-state index in [2.05, 4.69) is 20.9 Å². The normalized spacial score (nSPS) is 11.2. The second-order valence-electron chi connectivity index (χ2n) is 7.91. The largest absolute Gasteiger partial charge is 0.279 e. The zero-order valence-electron chi connectivity index (χ0n) is 18.3. The molecule has 170 valence electrons. The highest BCUT2D eigenvalue weighted by atomic mass is 79.9. The standard InChI is InChI=1S/C27H17BrN4OS2/c28-18-9-10-22-25(13-18)35-27(31-22)32(16-17-5-3-11-29-15-17)26(33)20-14-23(24-8-4-12-34-24)30-21-7-2-1-6-19(20)21/h1-15H,16H2. The molecule has 0 saturated carbocycles. The molecule has 8 heteroatoms. The minimum absolute atomic E-state index is 0.122. The zero-order chi connectivity index (χ0) is 23.8. The molecule has 0 unspecified atom stereocenters. The molecule has 0 bridgehead atoms. The number of amides is 1. The number of anilines is 1. The topological polar surface area (TPSA) is 59.0 Å². The van der Waals surface area contributed by atoms with Gasteiger partial charge in [0.25, 0.3) is 5.91 Å². The summed E-state index contributed by atoms with van der Waals surface area (Å²) in [5.41, 5.74) is 3.96. The fourth-order valence-corrected chi connectivity index (χ4v) is 6.15. The first-order valence-corrected chi connectivity index (χ1v) is 13.4. The third-order valence-electron chi connectivity index (χ3n) is 5.60. The summed E-state index contributed by atoms with van der Waals surface area (Å²) in [6, 6.07) is 23.5. The van der Waals surface area contributed by atoms with Crippen molar-refractivity contribution in [1.82, 2.24) is 15.0 Å². The Morgan fingerprint density at radius 3 is 2.69 bits per heavy atom. The Labute approximate surface area is 217 Å². The van der Waals surface area contributed by atoms with Gasteiger partial charge in [0.1, 0.15) is 0 Å². The molecule has 0 aliphatic carbocycles. The fraction of sp³-hybridized carbons (Fsp3) is 0.0370. The summed E-state index contributed by atoms with van der Waals surface area (Å²) in [6.45, 7) is 0.360. The molecule has 0 fully saturated rings. The number of thiophene rings is 1. The summed E-state index contributed by atoms with van der Waals surface area (Å²) < 4.78 is 1.99. The number of benzene rings is 2. The number of hydrogen-bond donors (Lipinski definition) is 0. The Morgan fingerprint density at radius 1 is 0.943 bits per heavy atom. The third-order valence-corrected chi connectivity index (χ3v) is 8.03. The Balaban J connectivity index is 1.52. The van der Waals surface area contributed by atoms with Crippen molar-refractivity contribution in [2.45, 2.75) is 6.54 Å². The lowest BCUT2D eigenvalue weighted by Gasteiger charge is -2.21. The first-order chi connectivity index (χ1) is 17.2. The van der Waals surface area contributed by atoms with E-state index in [9.17, 15) is 4.79 Å². The van der Waals surface area contributed by atoms with E-state index in [1.807, 2.05) is 78.2 Å². The van der Waals surface area contributed by atoms with E-state index in [0.717, 1.165) is 41.7 Å². The molecule has 6 aromatic rings. The lowest BCUT2D eigenvalue weighted by Crippen LogP contribution is -2.30. The Bertz CT molecular complexity index is 1670. The number of carbonyl (C=O) groups is 1. The quantitative estimate of drug-likeness (QED) is 0.219. The highest BCUT2D eigenvalue weighted by molar-refractivity contribution is 9.10. The van der Waals surface area contributed by atoms with Crippen LogP contribution in [0.15, 0.2) is 95.0 Å². The fourth-order valence-electron chi connectivity index (χ4n) is 3.95. The van der Waals surface area contributed by atoms with Gasteiger partial charge in [-0.15, -0.1) is 11.3 Å². The van der Waals surface area contributed by atoms with Crippen LogP contribution in [-0.4, -0.2) is 20.9 Å². The molecule has 35 heavy (non-hydrogen) atoms. The van der Waals surface area contributed by atoms with Crippen molar-refractivity contribution in [3.05, 3.63) is 106 Å². The molecule has 0 spiro atoms. The lowest BCUT2D eigenvalue weighted by molar-refractivity contribution is 0.0986. The summed E-state index contributed by atoms with van der Waals surface area (Å²) in [6.07, 6.45) is 3.51. The van der Waals surface area contributed by atoms with Crippen LogP contribution in [0.2, 0.25) is 0 Å². The number of nitrogens with zero attached hydrogens (tertiary/aromatic N) is 4. The van der Waals surface area contributed by atoms with E-state index in [1.54, 1.807) is 28.6 Å². The number of halogens is 1. The van der Waals surface area contributed by atoms with Crippen LogP contribution < -0.4 is 4.90 Å². The van der Waals surface area contributed by atoms with E-state index < -0.39 is 0 Å². The number of rotatable bonds is 5. The number of aromatic nitrogens is 3. The molecule has 0 aliphatic heterocycles. The molecule has 1 amide bonds. The van der Waals surface area contributed by atoms with Crippen molar-refractivity contribution in [3.8, 4) is 10.6 Å². The Kier molecular flexibility index (Phi) is 5.85. The van der Waals surface area contributed by atoms with Crippen LogP contribution in [-0.2, 0) is 6.54 Å². The van der Waals surface area contributed by atoms with E-state index >= 15 is 0 Å². The molecule has 0 aliphatic rings. The van der Waals surface area contributed by atoms with Crippen LogP contribution in [0.1, 0.15) is 15.9 Å². The van der Waals surface area contributed by atoms with Gasteiger partial charge in [-0.2, -0.15) is 0 Å². The van der Waals surface area contributed by atoms with Gasteiger partial charge >= 0.3 is 0 Å².